The third kappa shape index (κ3) is 4.87. The van der Waals surface area contributed by atoms with E-state index in [1.807, 2.05) is 6.92 Å². The summed E-state index contributed by atoms with van der Waals surface area (Å²) < 4.78 is 19.8. The molecule has 7 nitrogen and oxygen atoms in total. The highest BCUT2D eigenvalue weighted by molar-refractivity contribution is 5.79. The van der Waals surface area contributed by atoms with Crippen molar-refractivity contribution in [3.05, 3.63) is 42.1 Å². The van der Waals surface area contributed by atoms with Crippen LogP contribution in [0.4, 0.5) is 10.2 Å². The van der Waals surface area contributed by atoms with Gasteiger partial charge in [0.05, 0.1) is 17.7 Å². The lowest BCUT2D eigenvalue weighted by molar-refractivity contribution is -0.122. The Bertz CT molecular complexity index is 1120. The summed E-state index contributed by atoms with van der Waals surface area (Å²) in [4.78, 5) is 25.0. The number of ether oxygens (including phenoxy) is 1. The Morgan fingerprint density at radius 1 is 1.14 bits per heavy atom. The lowest BCUT2D eigenvalue weighted by Crippen LogP contribution is -2.61. The molecular weight excluding hydrogens is 445 g/mol. The number of carbonyl (C=O) groups is 1. The number of nitriles is 1. The van der Waals surface area contributed by atoms with Gasteiger partial charge in [-0.1, -0.05) is 6.92 Å². The Balaban J connectivity index is 1.20. The number of likely N-dealkylation sites (tertiary alicyclic amines) is 1. The minimum absolute atomic E-state index is 0.255. The van der Waals surface area contributed by atoms with Crippen LogP contribution >= 0.6 is 0 Å². The Hall–Kier alpha value is -3.05. The number of piperidine rings is 1. The molecule has 0 bridgehead atoms. The summed E-state index contributed by atoms with van der Waals surface area (Å²) in [7, 11) is 0. The van der Waals surface area contributed by atoms with Crippen molar-refractivity contribution >= 4 is 11.6 Å². The maximum absolute atomic E-state index is 13.6. The quantitative estimate of drug-likeness (QED) is 0.605. The normalized spacial score (nSPS) is 21.4. The Kier molecular flexibility index (Phi) is 6.45. The molecule has 8 heteroatoms. The molecule has 3 heterocycles. The van der Waals surface area contributed by atoms with Crippen LogP contribution in [0.5, 0.6) is 11.5 Å². The fraction of sp³-hybridized carbons (Fsp3) is 0.556. The molecule has 35 heavy (non-hydrogen) atoms. The van der Waals surface area contributed by atoms with Gasteiger partial charge >= 0.3 is 0 Å². The lowest BCUT2D eigenvalue weighted by Gasteiger charge is -2.55. The molecular formula is C27H32FN5O2. The van der Waals surface area contributed by atoms with E-state index in [1.54, 1.807) is 12.3 Å². The van der Waals surface area contributed by atoms with E-state index in [4.69, 9.17) is 4.74 Å². The predicted octanol–water partition coefficient (Wildman–Crippen LogP) is 4.53. The largest absolute Gasteiger partial charge is 0.452 e. The second-order valence-corrected chi connectivity index (χ2v) is 10.5. The fourth-order valence-electron chi connectivity index (χ4n) is 5.82. The van der Waals surface area contributed by atoms with E-state index < -0.39 is 0 Å². The molecule has 0 unspecified atom stereocenters. The van der Waals surface area contributed by atoms with Crippen molar-refractivity contribution in [3.8, 4) is 17.6 Å². The first kappa shape index (κ1) is 23.7. The molecule has 3 aliphatic rings. The van der Waals surface area contributed by atoms with Gasteiger partial charge in [0.15, 0.2) is 11.6 Å². The van der Waals surface area contributed by atoms with Crippen molar-refractivity contribution in [2.75, 3.05) is 37.6 Å². The van der Waals surface area contributed by atoms with Gasteiger partial charge in [-0.15, -0.1) is 0 Å². The number of nitrogens with zero attached hydrogens (tertiary/aromatic N) is 5. The van der Waals surface area contributed by atoms with Gasteiger partial charge in [0.25, 0.3) is 0 Å². The minimum Gasteiger partial charge on any atom is -0.452 e. The van der Waals surface area contributed by atoms with Gasteiger partial charge in [0.2, 0.25) is 0 Å². The van der Waals surface area contributed by atoms with Crippen LogP contribution < -0.4 is 9.64 Å². The minimum atomic E-state index is -0.366. The number of anilines is 1. The summed E-state index contributed by atoms with van der Waals surface area (Å²) in [6.45, 7) is 6.54. The first-order valence-electron chi connectivity index (χ1n) is 12.6. The summed E-state index contributed by atoms with van der Waals surface area (Å²) in [5, 5.41) is 9.82. The zero-order valence-corrected chi connectivity index (χ0v) is 20.3. The number of Topliss-reactive ketones (excluding diaryl/α,β-unsaturated/α-hetero) is 1. The molecule has 1 spiro atoms. The zero-order chi connectivity index (χ0) is 24.5. The number of aryl methyl sites for hydroxylation is 1. The molecule has 1 aromatic carbocycles. The maximum atomic E-state index is 13.6. The highest BCUT2D eigenvalue weighted by atomic mass is 19.1. The van der Waals surface area contributed by atoms with Crippen LogP contribution in [0, 0.1) is 28.0 Å². The number of rotatable bonds is 6. The van der Waals surface area contributed by atoms with E-state index in [-0.39, 0.29) is 16.6 Å². The highest BCUT2D eigenvalue weighted by Crippen LogP contribution is 2.46. The molecule has 0 radical (unpaired) electrons. The summed E-state index contributed by atoms with van der Waals surface area (Å²) >= 11 is 0. The smallest absolute Gasteiger partial charge is 0.188 e. The van der Waals surface area contributed by atoms with E-state index in [1.165, 1.54) is 18.5 Å². The van der Waals surface area contributed by atoms with Gasteiger partial charge in [0.1, 0.15) is 23.7 Å². The summed E-state index contributed by atoms with van der Waals surface area (Å²) in [6, 6.07) is 7.13. The molecule has 0 amide bonds. The topological polar surface area (TPSA) is 82.3 Å². The number of halogens is 1. The van der Waals surface area contributed by atoms with Crippen LogP contribution in [0.1, 0.15) is 51.0 Å². The van der Waals surface area contributed by atoms with E-state index in [9.17, 15) is 14.4 Å². The van der Waals surface area contributed by atoms with Gasteiger partial charge in [-0.2, -0.15) is 5.26 Å². The van der Waals surface area contributed by atoms with Gasteiger partial charge < -0.3 is 14.5 Å². The van der Waals surface area contributed by atoms with Crippen molar-refractivity contribution in [2.45, 2.75) is 51.9 Å². The molecule has 1 saturated carbocycles. The molecule has 2 saturated heterocycles. The van der Waals surface area contributed by atoms with E-state index >= 15 is 0 Å². The molecule has 3 fully saturated rings. The molecule has 1 aromatic heterocycles. The SMILES string of the molecule is CCc1cc(F)ccc1Oc1cncnc1N1CC2(CCN(CC3(C#N)CCC(=O)CC3)CC2)C1. The first-order valence-corrected chi connectivity index (χ1v) is 12.6. The van der Waals surface area contributed by atoms with Crippen molar-refractivity contribution in [2.24, 2.45) is 10.8 Å². The number of aromatic nitrogens is 2. The van der Waals surface area contributed by atoms with Gasteiger partial charge in [-0.3, -0.25) is 4.79 Å². The Morgan fingerprint density at radius 2 is 1.89 bits per heavy atom. The van der Waals surface area contributed by atoms with Crippen molar-refractivity contribution in [1.82, 2.24) is 14.9 Å². The molecule has 1 aliphatic carbocycles. The average molecular weight is 478 g/mol. The third-order valence-corrected chi connectivity index (χ3v) is 8.08. The van der Waals surface area contributed by atoms with Crippen molar-refractivity contribution < 1.29 is 13.9 Å². The number of benzene rings is 1. The zero-order valence-electron chi connectivity index (χ0n) is 20.3. The second kappa shape index (κ2) is 9.54. The molecule has 5 rings (SSSR count). The standard InChI is InChI=1S/C27H32FN5O2/c1-2-20-13-21(28)3-4-23(20)35-24-14-30-19-31-25(24)33-17-27(18-33)9-11-32(12-10-27)16-26(15-29)7-5-22(34)6-8-26/h3-4,13-14,19H,2,5-12,16-18H2,1H3. The highest BCUT2D eigenvalue weighted by Gasteiger charge is 2.47. The van der Waals surface area contributed by atoms with Crippen LogP contribution in [0.25, 0.3) is 0 Å². The molecule has 2 aromatic rings. The maximum Gasteiger partial charge on any atom is 0.188 e. The fourth-order valence-corrected chi connectivity index (χ4v) is 5.82. The Labute approximate surface area is 205 Å². The average Bonchev–Trinajstić information content (AvgIpc) is 2.86. The predicted molar refractivity (Wildman–Crippen MR) is 130 cm³/mol. The number of hydrogen-bond donors (Lipinski definition) is 0. The first-order chi connectivity index (χ1) is 16.9. The number of ketones is 1. The second-order valence-electron chi connectivity index (χ2n) is 10.5. The van der Waals surface area contributed by atoms with Gasteiger partial charge in [-0.05, 0) is 69.0 Å². The molecule has 2 aliphatic heterocycles. The number of hydrogen-bond acceptors (Lipinski definition) is 7. The van der Waals surface area contributed by atoms with Crippen LogP contribution in [-0.2, 0) is 11.2 Å². The molecule has 0 atom stereocenters. The van der Waals surface area contributed by atoms with Crippen LogP contribution in [0.15, 0.2) is 30.7 Å². The molecule has 184 valence electrons. The van der Waals surface area contributed by atoms with Gasteiger partial charge in [0, 0.05) is 37.9 Å². The van der Waals surface area contributed by atoms with Crippen LogP contribution in [0.3, 0.4) is 0 Å². The van der Waals surface area contributed by atoms with Crippen molar-refractivity contribution in [3.63, 3.8) is 0 Å². The monoisotopic (exact) mass is 477 g/mol. The summed E-state index contributed by atoms with van der Waals surface area (Å²) in [5.74, 6) is 2.01. The van der Waals surface area contributed by atoms with Crippen LogP contribution in [-0.4, -0.2) is 53.4 Å². The Morgan fingerprint density at radius 3 is 2.57 bits per heavy atom. The number of carbonyl (C=O) groups excluding carboxylic acids is 1. The van der Waals surface area contributed by atoms with E-state index in [2.05, 4.69) is 25.8 Å². The van der Waals surface area contributed by atoms with Crippen LogP contribution in [0.2, 0.25) is 0 Å². The van der Waals surface area contributed by atoms with E-state index in [0.29, 0.717) is 49.4 Å². The molecule has 0 N–H and O–H groups in total. The van der Waals surface area contributed by atoms with Gasteiger partial charge in [-0.25, -0.2) is 14.4 Å². The summed E-state index contributed by atoms with van der Waals surface area (Å²) in [6.07, 6.45) is 8.54. The van der Waals surface area contributed by atoms with E-state index in [0.717, 1.165) is 56.9 Å². The third-order valence-electron chi connectivity index (χ3n) is 8.08. The van der Waals surface area contributed by atoms with Crippen molar-refractivity contribution in [1.29, 1.82) is 5.26 Å². The lowest BCUT2D eigenvalue weighted by atomic mass is 9.70. The summed E-state index contributed by atoms with van der Waals surface area (Å²) in [5.41, 5.74) is 0.699.